The number of hydrogen-bond acceptors (Lipinski definition) is 2. The van der Waals surface area contributed by atoms with Gasteiger partial charge in [0.15, 0.2) is 5.78 Å². The Morgan fingerprint density at radius 2 is 2.07 bits per heavy atom. The Bertz CT molecular complexity index is 251. The van der Waals surface area contributed by atoms with Gasteiger partial charge in [-0.2, -0.15) is 0 Å². The van der Waals surface area contributed by atoms with Crippen molar-refractivity contribution in [2.45, 2.75) is 40.5 Å². The Hall–Kier alpha value is -0.790. The van der Waals surface area contributed by atoms with E-state index >= 15 is 0 Å². The molecule has 2 heteroatoms. The molecule has 0 bridgehead atoms. The summed E-state index contributed by atoms with van der Waals surface area (Å²) in [6.07, 6.45) is 3.33. The molecular weight excluding hydrogens is 174 g/mol. The van der Waals surface area contributed by atoms with E-state index in [-0.39, 0.29) is 11.2 Å². The number of rotatable bonds is 4. The Balaban J connectivity index is 2.41. The fourth-order valence-corrected chi connectivity index (χ4v) is 1.28. The van der Waals surface area contributed by atoms with Crippen molar-refractivity contribution in [1.29, 1.82) is 0 Å². The van der Waals surface area contributed by atoms with E-state index in [1.54, 1.807) is 6.08 Å². The van der Waals surface area contributed by atoms with Crippen molar-refractivity contribution in [2.24, 2.45) is 11.3 Å². The van der Waals surface area contributed by atoms with E-state index in [0.29, 0.717) is 12.3 Å². The van der Waals surface area contributed by atoms with Gasteiger partial charge >= 0.3 is 0 Å². The van der Waals surface area contributed by atoms with Gasteiger partial charge in [-0.3, -0.25) is 4.79 Å². The smallest absolute Gasteiger partial charge is 0.157 e. The molecule has 0 aromatic carbocycles. The van der Waals surface area contributed by atoms with Crippen LogP contribution in [-0.4, -0.2) is 12.3 Å². The molecule has 0 saturated carbocycles. The zero-order valence-electron chi connectivity index (χ0n) is 9.68. The molecule has 1 aliphatic carbocycles. The van der Waals surface area contributed by atoms with Gasteiger partial charge in [0.25, 0.3) is 0 Å². The summed E-state index contributed by atoms with van der Waals surface area (Å²) < 4.78 is 0. The molecule has 0 radical (unpaired) electrons. The summed E-state index contributed by atoms with van der Waals surface area (Å²) in [4.78, 5) is 11.0. The molecule has 0 spiro atoms. The predicted molar refractivity (Wildman–Crippen MR) is 58.9 cm³/mol. The molecule has 14 heavy (non-hydrogen) atoms. The van der Waals surface area contributed by atoms with E-state index in [9.17, 15) is 4.79 Å². The van der Waals surface area contributed by atoms with E-state index in [1.165, 1.54) is 0 Å². The van der Waals surface area contributed by atoms with E-state index in [1.807, 2.05) is 0 Å². The molecule has 0 amide bonds. The second-order valence-corrected chi connectivity index (χ2v) is 5.13. The fourth-order valence-electron chi connectivity index (χ4n) is 1.28. The first kappa shape index (κ1) is 11.3. The highest BCUT2D eigenvalue weighted by Crippen LogP contribution is 2.25. The van der Waals surface area contributed by atoms with E-state index in [0.717, 1.165) is 18.7 Å². The summed E-state index contributed by atoms with van der Waals surface area (Å²) in [5.74, 6) is 0.905. The topological polar surface area (TPSA) is 29.1 Å². The molecule has 0 aliphatic heterocycles. The number of carbonyl (C=O) groups excluding carboxylic acids is 1. The number of ketones is 1. The summed E-state index contributed by atoms with van der Waals surface area (Å²) in [5, 5.41) is 3.37. The average Bonchev–Trinajstić information content (AvgIpc) is 2.48. The Labute approximate surface area is 86.8 Å². The Morgan fingerprint density at radius 1 is 1.43 bits per heavy atom. The van der Waals surface area contributed by atoms with Gasteiger partial charge < -0.3 is 5.32 Å². The number of nitrogens with one attached hydrogen (secondary N) is 1. The quantitative estimate of drug-likeness (QED) is 0.746. The molecule has 2 nitrogen and oxygen atoms in total. The lowest BCUT2D eigenvalue weighted by Crippen LogP contribution is -2.32. The summed E-state index contributed by atoms with van der Waals surface area (Å²) in [6, 6.07) is 0. The van der Waals surface area contributed by atoms with Gasteiger partial charge in [-0.25, -0.2) is 0 Å². The predicted octanol–water partition coefficient (Wildman–Crippen LogP) is 2.51. The molecule has 0 saturated heterocycles. The molecule has 1 aliphatic rings. The monoisotopic (exact) mass is 195 g/mol. The third-order valence-corrected chi connectivity index (χ3v) is 3.31. The van der Waals surface area contributed by atoms with Crippen LogP contribution in [0.25, 0.3) is 0 Å². The average molecular weight is 195 g/mol. The number of carbonyl (C=O) groups is 1. The van der Waals surface area contributed by atoms with Crippen LogP contribution in [0.4, 0.5) is 0 Å². The molecule has 0 heterocycles. The molecule has 1 rings (SSSR count). The number of allylic oxidation sites excluding steroid dienone is 2. The number of hydrogen-bond donors (Lipinski definition) is 1. The fraction of sp³-hybridized carbons (Fsp3) is 0.750. The Morgan fingerprint density at radius 3 is 2.50 bits per heavy atom. The zero-order chi connectivity index (χ0) is 10.8. The van der Waals surface area contributed by atoms with Crippen molar-refractivity contribution < 1.29 is 4.79 Å². The Kier molecular flexibility index (Phi) is 3.35. The highest BCUT2D eigenvalue weighted by Gasteiger charge is 2.23. The highest BCUT2D eigenvalue weighted by atomic mass is 16.1. The maximum Gasteiger partial charge on any atom is 0.157 e. The highest BCUT2D eigenvalue weighted by molar-refractivity contribution is 5.92. The van der Waals surface area contributed by atoms with Crippen molar-refractivity contribution >= 4 is 5.78 Å². The first-order chi connectivity index (χ1) is 6.42. The zero-order valence-corrected chi connectivity index (χ0v) is 9.68. The molecule has 0 atom stereocenters. The third-order valence-electron chi connectivity index (χ3n) is 3.31. The van der Waals surface area contributed by atoms with Gasteiger partial charge in [0, 0.05) is 24.7 Å². The van der Waals surface area contributed by atoms with Crippen molar-refractivity contribution in [3.05, 3.63) is 11.8 Å². The summed E-state index contributed by atoms with van der Waals surface area (Å²) in [5.41, 5.74) is 1.40. The standard InChI is InChI=1S/C12H21NO/c1-9(2)12(3,4)8-13-10-5-6-11(14)7-10/h7,9,13H,5-6,8H2,1-4H3. The molecule has 1 N–H and O–H groups in total. The first-order valence-corrected chi connectivity index (χ1v) is 5.39. The van der Waals surface area contributed by atoms with Crippen LogP contribution in [0.15, 0.2) is 11.8 Å². The van der Waals surface area contributed by atoms with Gasteiger partial charge in [-0.15, -0.1) is 0 Å². The van der Waals surface area contributed by atoms with E-state index in [2.05, 4.69) is 33.0 Å². The summed E-state index contributed by atoms with van der Waals surface area (Å²) >= 11 is 0. The van der Waals surface area contributed by atoms with Gasteiger partial charge in [-0.05, 0) is 17.8 Å². The lowest BCUT2D eigenvalue weighted by atomic mass is 9.81. The van der Waals surface area contributed by atoms with Gasteiger partial charge in [0.1, 0.15) is 0 Å². The minimum Gasteiger partial charge on any atom is -0.388 e. The van der Waals surface area contributed by atoms with Gasteiger partial charge in [0.05, 0.1) is 0 Å². The molecule has 0 fully saturated rings. The van der Waals surface area contributed by atoms with Crippen LogP contribution in [0, 0.1) is 11.3 Å². The normalized spacial score (nSPS) is 17.5. The van der Waals surface area contributed by atoms with Crippen LogP contribution in [0.2, 0.25) is 0 Å². The third kappa shape index (κ3) is 2.86. The first-order valence-electron chi connectivity index (χ1n) is 5.39. The minimum atomic E-state index is 0.259. The van der Waals surface area contributed by atoms with Crippen molar-refractivity contribution in [1.82, 2.24) is 5.32 Å². The van der Waals surface area contributed by atoms with Gasteiger partial charge in [-0.1, -0.05) is 27.7 Å². The SMILES string of the molecule is CC(C)C(C)(C)CNC1=CC(=O)CC1. The second-order valence-electron chi connectivity index (χ2n) is 5.13. The summed E-state index contributed by atoms with van der Waals surface area (Å²) in [6.45, 7) is 9.92. The second kappa shape index (κ2) is 4.16. The van der Waals surface area contributed by atoms with Crippen molar-refractivity contribution in [2.75, 3.05) is 6.54 Å². The van der Waals surface area contributed by atoms with Crippen LogP contribution in [0.5, 0.6) is 0 Å². The van der Waals surface area contributed by atoms with Crippen molar-refractivity contribution in [3.63, 3.8) is 0 Å². The van der Waals surface area contributed by atoms with Crippen molar-refractivity contribution in [3.8, 4) is 0 Å². The van der Waals surface area contributed by atoms with E-state index < -0.39 is 0 Å². The van der Waals surface area contributed by atoms with Crippen LogP contribution in [-0.2, 0) is 4.79 Å². The van der Waals surface area contributed by atoms with Gasteiger partial charge in [0.2, 0.25) is 0 Å². The molecule has 0 aromatic heterocycles. The van der Waals surface area contributed by atoms with Crippen LogP contribution < -0.4 is 5.32 Å². The maximum absolute atomic E-state index is 11.0. The largest absolute Gasteiger partial charge is 0.388 e. The molecule has 0 unspecified atom stereocenters. The van der Waals surface area contributed by atoms with E-state index in [4.69, 9.17) is 0 Å². The lowest BCUT2D eigenvalue weighted by molar-refractivity contribution is -0.114. The van der Waals surface area contributed by atoms with Crippen LogP contribution >= 0.6 is 0 Å². The summed E-state index contributed by atoms with van der Waals surface area (Å²) in [7, 11) is 0. The molecule has 80 valence electrons. The van der Waals surface area contributed by atoms with Crippen LogP contribution in [0.3, 0.4) is 0 Å². The van der Waals surface area contributed by atoms with Crippen LogP contribution in [0.1, 0.15) is 40.5 Å². The maximum atomic E-state index is 11.0. The minimum absolute atomic E-state index is 0.259. The molecular formula is C12H21NO. The lowest BCUT2D eigenvalue weighted by Gasteiger charge is -2.30. The molecule has 0 aromatic rings.